The van der Waals surface area contributed by atoms with E-state index >= 15 is 0 Å². The van der Waals surface area contributed by atoms with Gasteiger partial charge in [-0.1, -0.05) is 25.1 Å². The molecule has 0 saturated carbocycles. The van der Waals surface area contributed by atoms with Crippen LogP contribution in [0.15, 0.2) is 45.2 Å². The minimum atomic E-state index is 0.733. The molecule has 0 unspecified atom stereocenters. The van der Waals surface area contributed by atoms with Crippen molar-refractivity contribution in [2.75, 3.05) is 0 Å². The third kappa shape index (κ3) is 2.49. The molecule has 1 aromatic carbocycles. The first-order valence-electron chi connectivity index (χ1n) is 7.03. The predicted octanol–water partition coefficient (Wildman–Crippen LogP) is 4.19. The van der Waals surface area contributed by atoms with Crippen molar-refractivity contribution >= 4 is 11.0 Å². The Hall–Kier alpha value is -2.00. The van der Waals surface area contributed by atoms with Gasteiger partial charge in [0.05, 0.1) is 6.54 Å². The fourth-order valence-electron chi connectivity index (χ4n) is 2.52. The lowest BCUT2D eigenvalue weighted by Crippen LogP contribution is -2.12. The van der Waals surface area contributed by atoms with Gasteiger partial charge in [-0.2, -0.15) is 0 Å². The van der Waals surface area contributed by atoms with Crippen LogP contribution < -0.4 is 5.32 Å². The molecule has 3 rings (SSSR count). The summed E-state index contributed by atoms with van der Waals surface area (Å²) in [5.74, 6) is 2.98. The van der Waals surface area contributed by atoms with E-state index in [9.17, 15) is 0 Å². The van der Waals surface area contributed by atoms with Crippen LogP contribution in [0.5, 0.6) is 0 Å². The maximum Gasteiger partial charge on any atom is 0.134 e. The van der Waals surface area contributed by atoms with Crippen LogP contribution in [0.25, 0.3) is 11.0 Å². The van der Waals surface area contributed by atoms with E-state index in [1.807, 2.05) is 31.2 Å². The van der Waals surface area contributed by atoms with Gasteiger partial charge in [0.2, 0.25) is 0 Å². The number of fused-ring (bicyclic) bond motifs is 1. The number of benzene rings is 1. The van der Waals surface area contributed by atoms with Crippen LogP contribution in [-0.2, 0) is 19.5 Å². The Kier molecular flexibility index (Phi) is 3.61. The molecule has 104 valence electrons. The highest BCUT2D eigenvalue weighted by Crippen LogP contribution is 2.26. The highest BCUT2D eigenvalue weighted by Gasteiger charge is 2.12. The Labute approximate surface area is 118 Å². The van der Waals surface area contributed by atoms with Crippen molar-refractivity contribution in [2.24, 2.45) is 0 Å². The summed E-state index contributed by atoms with van der Waals surface area (Å²) in [5, 5.41) is 4.63. The molecule has 3 aromatic rings. The standard InChI is InChI=1S/C17H19NO2/c1-3-16-15(14-6-4-5-7-17(14)20-16)11-18-10-13-9-8-12(2)19-13/h4-9,18H,3,10-11H2,1-2H3. The largest absolute Gasteiger partial charge is 0.465 e. The van der Waals surface area contributed by atoms with Gasteiger partial charge >= 0.3 is 0 Å². The van der Waals surface area contributed by atoms with Crippen molar-refractivity contribution in [2.45, 2.75) is 33.4 Å². The van der Waals surface area contributed by atoms with Crippen LogP contribution in [0.4, 0.5) is 0 Å². The second kappa shape index (κ2) is 5.55. The molecule has 20 heavy (non-hydrogen) atoms. The molecule has 2 aromatic heterocycles. The summed E-state index contributed by atoms with van der Waals surface area (Å²) in [6.07, 6.45) is 0.908. The minimum absolute atomic E-state index is 0.733. The van der Waals surface area contributed by atoms with Gasteiger partial charge in [0.15, 0.2) is 0 Å². The average Bonchev–Trinajstić information content (AvgIpc) is 3.03. The van der Waals surface area contributed by atoms with Crippen LogP contribution >= 0.6 is 0 Å². The molecular weight excluding hydrogens is 250 g/mol. The zero-order valence-corrected chi connectivity index (χ0v) is 11.9. The van der Waals surface area contributed by atoms with E-state index in [2.05, 4.69) is 24.4 Å². The molecule has 2 heterocycles. The van der Waals surface area contributed by atoms with E-state index < -0.39 is 0 Å². The van der Waals surface area contributed by atoms with Gasteiger partial charge in [0, 0.05) is 23.9 Å². The summed E-state index contributed by atoms with van der Waals surface area (Å²) < 4.78 is 11.5. The molecule has 0 saturated heterocycles. The van der Waals surface area contributed by atoms with E-state index in [0.29, 0.717) is 0 Å². The van der Waals surface area contributed by atoms with Crippen molar-refractivity contribution in [3.63, 3.8) is 0 Å². The highest BCUT2D eigenvalue weighted by molar-refractivity contribution is 5.82. The van der Waals surface area contributed by atoms with E-state index in [1.165, 1.54) is 10.9 Å². The molecule has 0 aliphatic carbocycles. The fraction of sp³-hybridized carbons (Fsp3) is 0.294. The number of para-hydroxylation sites is 1. The second-order valence-corrected chi connectivity index (χ2v) is 4.97. The monoisotopic (exact) mass is 269 g/mol. The molecule has 0 bridgehead atoms. The maximum absolute atomic E-state index is 5.89. The topological polar surface area (TPSA) is 38.3 Å². The normalized spacial score (nSPS) is 11.3. The maximum atomic E-state index is 5.89. The molecule has 0 aliphatic rings. The lowest BCUT2D eigenvalue weighted by molar-refractivity contribution is 0.460. The highest BCUT2D eigenvalue weighted by atomic mass is 16.3. The summed E-state index contributed by atoms with van der Waals surface area (Å²) in [7, 11) is 0. The zero-order chi connectivity index (χ0) is 13.9. The molecule has 3 nitrogen and oxygen atoms in total. The predicted molar refractivity (Wildman–Crippen MR) is 79.6 cm³/mol. The van der Waals surface area contributed by atoms with Gasteiger partial charge in [-0.05, 0) is 25.1 Å². The molecular formula is C17H19NO2. The van der Waals surface area contributed by atoms with Gasteiger partial charge in [0.25, 0.3) is 0 Å². The molecule has 0 atom stereocenters. The SMILES string of the molecule is CCc1oc2ccccc2c1CNCc1ccc(C)o1. The average molecular weight is 269 g/mol. The summed E-state index contributed by atoms with van der Waals surface area (Å²) in [4.78, 5) is 0. The van der Waals surface area contributed by atoms with Gasteiger partial charge in [0.1, 0.15) is 22.9 Å². The Morgan fingerprint density at radius 3 is 2.60 bits per heavy atom. The number of furan rings is 2. The quantitative estimate of drug-likeness (QED) is 0.755. The van der Waals surface area contributed by atoms with Crippen molar-refractivity contribution in [1.82, 2.24) is 5.32 Å². The fourth-order valence-corrected chi connectivity index (χ4v) is 2.52. The first-order valence-corrected chi connectivity index (χ1v) is 7.03. The molecule has 0 fully saturated rings. The van der Waals surface area contributed by atoms with Crippen molar-refractivity contribution in [3.05, 3.63) is 59.2 Å². The van der Waals surface area contributed by atoms with Crippen LogP contribution in [-0.4, -0.2) is 0 Å². The van der Waals surface area contributed by atoms with E-state index in [0.717, 1.165) is 42.4 Å². The Morgan fingerprint density at radius 2 is 1.85 bits per heavy atom. The minimum Gasteiger partial charge on any atom is -0.465 e. The number of hydrogen-bond acceptors (Lipinski definition) is 3. The molecule has 3 heteroatoms. The molecule has 1 N–H and O–H groups in total. The van der Waals surface area contributed by atoms with E-state index in [4.69, 9.17) is 8.83 Å². The van der Waals surface area contributed by atoms with Crippen molar-refractivity contribution < 1.29 is 8.83 Å². The van der Waals surface area contributed by atoms with Crippen LogP contribution in [0.3, 0.4) is 0 Å². The van der Waals surface area contributed by atoms with Crippen molar-refractivity contribution in [3.8, 4) is 0 Å². The molecule has 0 spiro atoms. The smallest absolute Gasteiger partial charge is 0.134 e. The van der Waals surface area contributed by atoms with Gasteiger partial charge in [-0.3, -0.25) is 0 Å². The van der Waals surface area contributed by atoms with Gasteiger partial charge in [-0.15, -0.1) is 0 Å². The summed E-state index contributed by atoms with van der Waals surface area (Å²) in [6, 6.07) is 12.2. The van der Waals surface area contributed by atoms with E-state index in [-0.39, 0.29) is 0 Å². The summed E-state index contributed by atoms with van der Waals surface area (Å²) in [6.45, 7) is 5.61. The molecule has 0 radical (unpaired) electrons. The Balaban J connectivity index is 1.76. The Morgan fingerprint density at radius 1 is 1.00 bits per heavy atom. The Bertz CT molecular complexity index is 709. The number of aryl methyl sites for hydroxylation is 2. The number of rotatable bonds is 5. The number of hydrogen-bond donors (Lipinski definition) is 1. The summed E-state index contributed by atoms with van der Waals surface area (Å²) >= 11 is 0. The molecule has 0 amide bonds. The first kappa shape index (κ1) is 13.0. The van der Waals surface area contributed by atoms with Crippen LogP contribution in [0.2, 0.25) is 0 Å². The van der Waals surface area contributed by atoms with E-state index in [1.54, 1.807) is 0 Å². The summed E-state index contributed by atoms with van der Waals surface area (Å²) in [5.41, 5.74) is 2.22. The van der Waals surface area contributed by atoms with Gasteiger partial charge in [-0.25, -0.2) is 0 Å². The lowest BCUT2D eigenvalue weighted by atomic mass is 10.1. The van der Waals surface area contributed by atoms with Crippen molar-refractivity contribution in [1.29, 1.82) is 0 Å². The third-order valence-corrected chi connectivity index (χ3v) is 3.50. The zero-order valence-electron chi connectivity index (χ0n) is 11.9. The van der Waals surface area contributed by atoms with Gasteiger partial charge < -0.3 is 14.2 Å². The van der Waals surface area contributed by atoms with Crippen LogP contribution in [0, 0.1) is 6.92 Å². The van der Waals surface area contributed by atoms with Crippen LogP contribution in [0.1, 0.15) is 29.8 Å². The number of nitrogens with one attached hydrogen (secondary N) is 1. The lowest BCUT2D eigenvalue weighted by Gasteiger charge is -2.03. The second-order valence-electron chi connectivity index (χ2n) is 4.97. The third-order valence-electron chi connectivity index (χ3n) is 3.50. The molecule has 0 aliphatic heterocycles. The first-order chi connectivity index (χ1) is 9.78.